The summed E-state index contributed by atoms with van der Waals surface area (Å²) in [4.78, 5) is 4.56. The Kier molecular flexibility index (Phi) is 5.60. The maximum atomic E-state index is 5.88. The molecule has 4 heteroatoms. The lowest BCUT2D eigenvalue weighted by Crippen LogP contribution is -1.91. The van der Waals surface area contributed by atoms with Crippen LogP contribution in [0, 0.1) is 0 Å². The summed E-state index contributed by atoms with van der Waals surface area (Å²) in [6, 6.07) is 9.93. The fraction of sp³-hybridized carbons (Fsp3) is 0.118. The Balaban J connectivity index is 2.57. The fourth-order valence-corrected chi connectivity index (χ4v) is 2.37. The minimum atomic E-state index is 0.429. The van der Waals surface area contributed by atoms with Crippen molar-refractivity contribution in [3.8, 4) is 11.3 Å². The molecular weight excluding hydrogens is 280 g/mol. The molecule has 1 heterocycles. The highest BCUT2D eigenvalue weighted by atomic mass is 32.2. The average molecular weight is 298 g/mol. The summed E-state index contributed by atoms with van der Waals surface area (Å²) >= 11 is 1.38. The third-order valence-corrected chi connectivity index (χ3v) is 3.36. The van der Waals surface area contributed by atoms with E-state index in [1.807, 2.05) is 55.5 Å². The summed E-state index contributed by atoms with van der Waals surface area (Å²) in [6.45, 7) is 5.73. The number of rotatable bonds is 6. The predicted molar refractivity (Wildman–Crippen MR) is 89.8 cm³/mol. The number of benzene rings is 1. The highest BCUT2D eigenvalue weighted by molar-refractivity contribution is 7.99. The molecular formula is C17H18N2OS. The Bertz CT molecular complexity index is 657. The first kappa shape index (κ1) is 15.4. The van der Waals surface area contributed by atoms with Crippen LogP contribution in [0.15, 0.2) is 70.9 Å². The van der Waals surface area contributed by atoms with E-state index in [1.54, 1.807) is 6.08 Å². The van der Waals surface area contributed by atoms with Crippen LogP contribution in [-0.4, -0.2) is 10.9 Å². The second-order valence-corrected chi connectivity index (χ2v) is 5.16. The van der Waals surface area contributed by atoms with Gasteiger partial charge in [-0.2, -0.15) is 0 Å². The zero-order valence-corrected chi connectivity index (χ0v) is 12.8. The smallest absolute Gasteiger partial charge is 0.258 e. The van der Waals surface area contributed by atoms with E-state index in [-0.39, 0.29) is 0 Å². The topological polar surface area (TPSA) is 52.0 Å². The molecule has 0 fully saturated rings. The lowest BCUT2D eigenvalue weighted by atomic mass is 10.1. The number of nitrogens with zero attached hydrogens (tertiary/aromatic N) is 1. The highest BCUT2D eigenvalue weighted by Crippen LogP contribution is 2.33. The molecule has 0 saturated carbocycles. The summed E-state index contributed by atoms with van der Waals surface area (Å²) < 4.78 is 5.88. The van der Waals surface area contributed by atoms with Crippen LogP contribution in [0.5, 0.6) is 0 Å². The van der Waals surface area contributed by atoms with E-state index in [2.05, 4.69) is 11.6 Å². The Hall–Kier alpha value is -2.04. The molecule has 0 saturated heterocycles. The molecule has 21 heavy (non-hydrogen) atoms. The number of oxazole rings is 1. The highest BCUT2D eigenvalue weighted by Gasteiger charge is 2.17. The molecule has 0 unspecified atom stereocenters. The zero-order chi connectivity index (χ0) is 15.1. The van der Waals surface area contributed by atoms with Crippen molar-refractivity contribution in [3.63, 3.8) is 0 Å². The Morgan fingerprint density at radius 2 is 2.14 bits per heavy atom. The molecule has 0 atom stereocenters. The van der Waals surface area contributed by atoms with Crippen molar-refractivity contribution in [1.29, 1.82) is 0 Å². The average Bonchev–Trinajstić information content (AvgIpc) is 2.92. The number of nitrogens with two attached hydrogens (primary N) is 1. The van der Waals surface area contributed by atoms with Crippen molar-refractivity contribution < 1.29 is 4.42 Å². The van der Waals surface area contributed by atoms with Gasteiger partial charge in [0.2, 0.25) is 0 Å². The normalized spacial score (nSPS) is 12.0. The van der Waals surface area contributed by atoms with Gasteiger partial charge >= 0.3 is 0 Å². The summed E-state index contributed by atoms with van der Waals surface area (Å²) in [7, 11) is 0. The minimum absolute atomic E-state index is 0.429. The van der Waals surface area contributed by atoms with Crippen molar-refractivity contribution in [1.82, 2.24) is 4.98 Å². The summed E-state index contributed by atoms with van der Waals surface area (Å²) in [5.41, 5.74) is 8.32. The maximum absolute atomic E-state index is 5.88. The molecule has 2 aromatic rings. The monoisotopic (exact) mass is 298 g/mol. The lowest BCUT2D eigenvalue weighted by Gasteiger charge is -2.01. The molecule has 2 N–H and O–H groups in total. The van der Waals surface area contributed by atoms with Gasteiger partial charge in [-0.25, -0.2) is 4.98 Å². The van der Waals surface area contributed by atoms with Gasteiger partial charge in [0.1, 0.15) is 5.69 Å². The number of hydrogen-bond donors (Lipinski definition) is 1. The van der Waals surface area contributed by atoms with E-state index < -0.39 is 0 Å². The van der Waals surface area contributed by atoms with Crippen LogP contribution < -0.4 is 5.73 Å². The molecule has 1 aromatic heterocycles. The standard InChI is InChI=1S/C17H18N2OS/c1-3-8-13(9-4-2)15-16(14-10-6-5-7-11-14)20-17(19-15)21-12-18/h3-11H,1,12,18H2,2H3/b9-4-,13-8+. The van der Waals surface area contributed by atoms with E-state index in [0.717, 1.165) is 22.6 Å². The van der Waals surface area contributed by atoms with E-state index in [1.165, 1.54) is 11.8 Å². The summed E-state index contributed by atoms with van der Waals surface area (Å²) in [5, 5.41) is 0.575. The molecule has 0 radical (unpaired) electrons. The van der Waals surface area contributed by atoms with Gasteiger partial charge in [0.15, 0.2) is 5.76 Å². The quantitative estimate of drug-likeness (QED) is 0.485. The Labute approximate surface area is 129 Å². The van der Waals surface area contributed by atoms with Crippen molar-refractivity contribution in [2.75, 3.05) is 5.88 Å². The van der Waals surface area contributed by atoms with Crippen LogP contribution >= 0.6 is 11.8 Å². The molecule has 0 bridgehead atoms. The van der Waals surface area contributed by atoms with Gasteiger partial charge in [-0.05, 0) is 6.92 Å². The van der Waals surface area contributed by atoms with Crippen LogP contribution in [0.1, 0.15) is 12.6 Å². The van der Waals surface area contributed by atoms with Crippen LogP contribution in [0.3, 0.4) is 0 Å². The number of thioether (sulfide) groups is 1. The van der Waals surface area contributed by atoms with Gasteiger partial charge in [0.05, 0.1) is 0 Å². The van der Waals surface area contributed by atoms with Crippen LogP contribution in [0.25, 0.3) is 16.9 Å². The minimum Gasteiger partial charge on any atom is -0.431 e. The summed E-state index contributed by atoms with van der Waals surface area (Å²) in [6.07, 6.45) is 7.62. The summed E-state index contributed by atoms with van der Waals surface area (Å²) in [5.74, 6) is 1.18. The fourth-order valence-electron chi connectivity index (χ4n) is 1.93. The Morgan fingerprint density at radius 1 is 1.38 bits per heavy atom. The van der Waals surface area contributed by atoms with Crippen LogP contribution in [-0.2, 0) is 0 Å². The third-order valence-electron chi connectivity index (χ3n) is 2.77. The van der Waals surface area contributed by atoms with E-state index in [0.29, 0.717) is 11.1 Å². The van der Waals surface area contributed by atoms with E-state index in [9.17, 15) is 0 Å². The molecule has 2 rings (SSSR count). The largest absolute Gasteiger partial charge is 0.431 e. The van der Waals surface area contributed by atoms with E-state index in [4.69, 9.17) is 10.2 Å². The maximum Gasteiger partial charge on any atom is 0.258 e. The molecule has 3 nitrogen and oxygen atoms in total. The van der Waals surface area contributed by atoms with Crippen LogP contribution in [0.2, 0.25) is 0 Å². The van der Waals surface area contributed by atoms with Gasteiger partial charge in [-0.1, -0.05) is 73.0 Å². The molecule has 0 aliphatic rings. The first-order valence-corrected chi connectivity index (χ1v) is 7.63. The Morgan fingerprint density at radius 3 is 2.76 bits per heavy atom. The first-order valence-electron chi connectivity index (χ1n) is 6.65. The first-order chi connectivity index (χ1) is 10.3. The number of aromatic nitrogens is 1. The number of hydrogen-bond acceptors (Lipinski definition) is 4. The molecule has 0 aliphatic heterocycles. The van der Waals surface area contributed by atoms with Gasteiger partial charge in [-0.15, -0.1) is 0 Å². The molecule has 0 amide bonds. The SMILES string of the molecule is C=C/C=C(\C=C/C)c1nc(SCN)oc1-c1ccccc1. The third kappa shape index (κ3) is 3.74. The van der Waals surface area contributed by atoms with Gasteiger partial charge < -0.3 is 10.2 Å². The van der Waals surface area contributed by atoms with Gasteiger partial charge in [-0.3, -0.25) is 0 Å². The molecule has 108 valence electrons. The van der Waals surface area contributed by atoms with Gasteiger partial charge in [0.25, 0.3) is 5.22 Å². The van der Waals surface area contributed by atoms with Crippen molar-refractivity contribution in [3.05, 3.63) is 66.9 Å². The van der Waals surface area contributed by atoms with Crippen LogP contribution in [0.4, 0.5) is 0 Å². The second-order valence-electron chi connectivity index (χ2n) is 4.19. The zero-order valence-electron chi connectivity index (χ0n) is 12.0. The molecule has 0 aliphatic carbocycles. The van der Waals surface area contributed by atoms with Crippen molar-refractivity contribution in [2.45, 2.75) is 12.1 Å². The number of allylic oxidation sites excluding steroid dienone is 5. The predicted octanol–water partition coefficient (Wildman–Crippen LogP) is 4.50. The molecule has 0 spiro atoms. The van der Waals surface area contributed by atoms with Crippen molar-refractivity contribution in [2.24, 2.45) is 5.73 Å². The molecule has 1 aromatic carbocycles. The second kappa shape index (κ2) is 7.67. The lowest BCUT2D eigenvalue weighted by molar-refractivity contribution is 0.466. The van der Waals surface area contributed by atoms with E-state index >= 15 is 0 Å². The van der Waals surface area contributed by atoms with Gasteiger partial charge in [0, 0.05) is 17.0 Å². The van der Waals surface area contributed by atoms with Crippen molar-refractivity contribution >= 4 is 17.3 Å².